The van der Waals surface area contributed by atoms with Crippen molar-refractivity contribution >= 4 is 21.7 Å². The minimum Gasteiger partial charge on any atom is -0.357 e. The highest BCUT2D eigenvalue weighted by Gasteiger charge is 2.17. The molecule has 0 amide bonds. The molecule has 0 aliphatic heterocycles. The standard InChI is InChI=1S/C12H22BrN3/c1-5-7-16(8-6-2)12-11(9-13)10(3)14-15(12)4/h5-9H2,1-4H3. The smallest absolute Gasteiger partial charge is 0.130 e. The summed E-state index contributed by atoms with van der Waals surface area (Å²) in [7, 11) is 2.03. The molecule has 0 N–H and O–H groups in total. The highest BCUT2D eigenvalue weighted by molar-refractivity contribution is 9.08. The normalized spacial score (nSPS) is 10.8. The van der Waals surface area contributed by atoms with Gasteiger partial charge < -0.3 is 4.90 Å². The molecule has 92 valence electrons. The van der Waals surface area contributed by atoms with Crippen molar-refractivity contribution in [1.29, 1.82) is 0 Å². The van der Waals surface area contributed by atoms with Gasteiger partial charge in [-0.25, -0.2) is 0 Å². The lowest BCUT2D eigenvalue weighted by molar-refractivity contribution is 0.677. The van der Waals surface area contributed by atoms with Crippen molar-refractivity contribution in [2.75, 3.05) is 18.0 Å². The van der Waals surface area contributed by atoms with Crippen LogP contribution in [0.15, 0.2) is 0 Å². The van der Waals surface area contributed by atoms with Crippen molar-refractivity contribution in [3.63, 3.8) is 0 Å². The van der Waals surface area contributed by atoms with E-state index in [0.29, 0.717) is 0 Å². The van der Waals surface area contributed by atoms with Crippen LogP contribution in [0.3, 0.4) is 0 Å². The van der Waals surface area contributed by atoms with Crippen molar-refractivity contribution in [2.24, 2.45) is 7.05 Å². The second-order valence-electron chi connectivity index (χ2n) is 4.13. The average molecular weight is 288 g/mol. The van der Waals surface area contributed by atoms with Gasteiger partial charge in [-0.2, -0.15) is 5.10 Å². The molecule has 0 spiro atoms. The molecule has 16 heavy (non-hydrogen) atoms. The van der Waals surface area contributed by atoms with E-state index in [1.165, 1.54) is 24.2 Å². The van der Waals surface area contributed by atoms with E-state index in [4.69, 9.17) is 0 Å². The van der Waals surface area contributed by atoms with Gasteiger partial charge >= 0.3 is 0 Å². The maximum Gasteiger partial charge on any atom is 0.130 e. The van der Waals surface area contributed by atoms with Gasteiger partial charge in [-0.15, -0.1) is 0 Å². The number of hydrogen-bond donors (Lipinski definition) is 0. The Morgan fingerprint density at radius 3 is 2.25 bits per heavy atom. The highest BCUT2D eigenvalue weighted by Crippen LogP contribution is 2.25. The van der Waals surface area contributed by atoms with Gasteiger partial charge in [0.1, 0.15) is 5.82 Å². The fourth-order valence-corrected chi connectivity index (χ4v) is 2.76. The Labute approximate surface area is 107 Å². The molecule has 0 fully saturated rings. The molecule has 0 atom stereocenters. The number of anilines is 1. The molecule has 0 bridgehead atoms. The van der Waals surface area contributed by atoms with E-state index < -0.39 is 0 Å². The van der Waals surface area contributed by atoms with Gasteiger partial charge in [-0.1, -0.05) is 29.8 Å². The first-order valence-electron chi connectivity index (χ1n) is 5.99. The minimum absolute atomic E-state index is 0.881. The fourth-order valence-electron chi connectivity index (χ4n) is 2.11. The maximum atomic E-state index is 4.51. The highest BCUT2D eigenvalue weighted by atomic mass is 79.9. The summed E-state index contributed by atoms with van der Waals surface area (Å²) >= 11 is 3.56. The number of aryl methyl sites for hydroxylation is 2. The Bertz CT molecular complexity index is 327. The molecule has 3 nitrogen and oxygen atoms in total. The summed E-state index contributed by atoms with van der Waals surface area (Å²) in [6.07, 6.45) is 2.35. The largest absolute Gasteiger partial charge is 0.357 e. The molecule has 1 aromatic heterocycles. The molecule has 4 heteroatoms. The first-order valence-corrected chi connectivity index (χ1v) is 7.11. The van der Waals surface area contributed by atoms with Gasteiger partial charge in [0.05, 0.1) is 5.69 Å². The van der Waals surface area contributed by atoms with Crippen LogP contribution >= 0.6 is 15.9 Å². The van der Waals surface area contributed by atoms with Crippen LogP contribution in [0.4, 0.5) is 5.82 Å². The van der Waals surface area contributed by atoms with Crippen molar-refractivity contribution < 1.29 is 0 Å². The number of alkyl halides is 1. The van der Waals surface area contributed by atoms with E-state index in [9.17, 15) is 0 Å². The summed E-state index contributed by atoms with van der Waals surface area (Å²) in [6, 6.07) is 0. The van der Waals surface area contributed by atoms with E-state index in [1.54, 1.807) is 0 Å². The van der Waals surface area contributed by atoms with Crippen LogP contribution in [0.2, 0.25) is 0 Å². The Morgan fingerprint density at radius 1 is 1.25 bits per heavy atom. The lowest BCUT2D eigenvalue weighted by atomic mass is 10.2. The zero-order chi connectivity index (χ0) is 12.1. The van der Waals surface area contributed by atoms with Crippen LogP contribution in [0, 0.1) is 6.92 Å². The van der Waals surface area contributed by atoms with Gasteiger partial charge in [0.2, 0.25) is 0 Å². The molecule has 1 rings (SSSR count). The third kappa shape index (κ3) is 2.78. The third-order valence-electron chi connectivity index (χ3n) is 2.73. The lowest BCUT2D eigenvalue weighted by Gasteiger charge is -2.24. The van der Waals surface area contributed by atoms with Crippen LogP contribution in [0.25, 0.3) is 0 Å². The summed E-state index contributed by atoms with van der Waals surface area (Å²) in [5, 5.41) is 5.39. The van der Waals surface area contributed by atoms with Gasteiger partial charge in [0.15, 0.2) is 0 Å². The van der Waals surface area contributed by atoms with E-state index >= 15 is 0 Å². The Balaban J connectivity index is 3.06. The first kappa shape index (κ1) is 13.6. The van der Waals surface area contributed by atoms with Gasteiger partial charge in [0, 0.05) is 31.0 Å². The minimum atomic E-state index is 0.881. The van der Waals surface area contributed by atoms with Crippen LogP contribution < -0.4 is 4.90 Å². The zero-order valence-electron chi connectivity index (χ0n) is 10.8. The van der Waals surface area contributed by atoms with Crippen molar-refractivity contribution in [3.8, 4) is 0 Å². The van der Waals surface area contributed by atoms with E-state index in [1.807, 2.05) is 11.7 Å². The Morgan fingerprint density at radius 2 is 1.81 bits per heavy atom. The quantitative estimate of drug-likeness (QED) is 0.749. The molecule has 1 aromatic rings. The molecule has 0 aliphatic carbocycles. The molecule has 1 heterocycles. The Kier molecular flexibility index (Phi) is 5.32. The average Bonchev–Trinajstić information content (AvgIpc) is 2.52. The molecule has 0 aromatic carbocycles. The molecule has 0 saturated carbocycles. The maximum absolute atomic E-state index is 4.51. The third-order valence-corrected chi connectivity index (χ3v) is 3.29. The molecular formula is C12H22BrN3. The van der Waals surface area contributed by atoms with E-state index in [2.05, 4.69) is 46.7 Å². The summed E-state index contributed by atoms with van der Waals surface area (Å²) in [5.74, 6) is 1.28. The molecule has 0 radical (unpaired) electrons. The second kappa shape index (κ2) is 6.28. The number of nitrogens with zero attached hydrogens (tertiary/aromatic N) is 3. The number of hydrogen-bond acceptors (Lipinski definition) is 2. The lowest BCUT2D eigenvalue weighted by Crippen LogP contribution is -2.27. The SMILES string of the molecule is CCCN(CCC)c1c(CBr)c(C)nn1C. The van der Waals surface area contributed by atoms with Gasteiger partial charge in [-0.3, -0.25) is 4.68 Å². The molecule has 0 unspecified atom stereocenters. The second-order valence-corrected chi connectivity index (χ2v) is 4.69. The van der Waals surface area contributed by atoms with E-state index in [0.717, 1.165) is 24.1 Å². The van der Waals surface area contributed by atoms with Crippen molar-refractivity contribution in [1.82, 2.24) is 9.78 Å². The summed E-state index contributed by atoms with van der Waals surface area (Å²) in [6.45, 7) is 8.73. The topological polar surface area (TPSA) is 21.1 Å². The van der Waals surface area contributed by atoms with Crippen LogP contribution in [0.5, 0.6) is 0 Å². The van der Waals surface area contributed by atoms with E-state index in [-0.39, 0.29) is 0 Å². The monoisotopic (exact) mass is 287 g/mol. The molecule has 0 aliphatic rings. The summed E-state index contributed by atoms with van der Waals surface area (Å²) < 4.78 is 2.01. The predicted molar refractivity (Wildman–Crippen MR) is 73.4 cm³/mol. The predicted octanol–water partition coefficient (Wildman–Crippen LogP) is 3.25. The number of aromatic nitrogens is 2. The first-order chi connectivity index (χ1) is 7.65. The summed E-state index contributed by atoms with van der Waals surface area (Å²) in [4.78, 5) is 2.44. The zero-order valence-corrected chi connectivity index (χ0v) is 12.3. The number of rotatable bonds is 6. The fraction of sp³-hybridized carbons (Fsp3) is 0.750. The number of halogens is 1. The van der Waals surface area contributed by atoms with Gasteiger partial charge in [-0.05, 0) is 19.8 Å². The van der Waals surface area contributed by atoms with Gasteiger partial charge in [0.25, 0.3) is 0 Å². The van der Waals surface area contributed by atoms with Crippen molar-refractivity contribution in [3.05, 3.63) is 11.3 Å². The van der Waals surface area contributed by atoms with Crippen LogP contribution in [-0.2, 0) is 12.4 Å². The molecule has 0 saturated heterocycles. The van der Waals surface area contributed by atoms with Crippen molar-refractivity contribution in [2.45, 2.75) is 38.9 Å². The summed E-state index contributed by atoms with van der Waals surface area (Å²) in [5.41, 5.74) is 2.45. The van der Waals surface area contributed by atoms with Crippen LogP contribution in [0.1, 0.15) is 37.9 Å². The van der Waals surface area contributed by atoms with Crippen LogP contribution in [-0.4, -0.2) is 22.9 Å². The molecular weight excluding hydrogens is 266 g/mol. The Hall–Kier alpha value is -0.510.